The highest BCUT2D eigenvalue weighted by Gasteiger charge is 2.32. The third kappa shape index (κ3) is 3.04. The first-order valence-corrected chi connectivity index (χ1v) is 7.00. The number of nitro groups is 1. The summed E-state index contributed by atoms with van der Waals surface area (Å²) in [4.78, 5) is 22.3. The van der Waals surface area contributed by atoms with Gasteiger partial charge in [-0.3, -0.25) is 14.9 Å². The van der Waals surface area contributed by atoms with E-state index in [0.717, 1.165) is 31.4 Å². The van der Waals surface area contributed by atoms with Crippen LogP contribution >= 0.6 is 23.2 Å². The summed E-state index contributed by atoms with van der Waals surface area (Å²) in [5.74, 6) is -0.436. The zero-order valence-corrected chi connectivity index (χ0v) is 12.4. The zero-order valence-electron chi connectivity index (χ0n) is 10.9. The Morgan fingerprint density at radius 1 is 1.45 bits per heavy atom. The predicted octanol–water partition coefficient (Wildman–Crippen LogP) is 3.82. The molecule has 5 nitrogen and oxygen atoms in total. The van der Waals surface area contributed by atoms with Crippen molar-refractivity contribution >= 4 is 34.8 Å². The van der Waals surface area contributed by atoms with Gasteiger partial charge < -0.3 is 5.32 Å². The average Bonchev–Trinajstić information content (AvgIpc) is 2.36. The molecule has 1 aliphatic carbocycles. The molecule has 0 aromatic heterocycles. The second kappa shape index (κ2) is 5.58. The molecule has 0 bridgehead atoms. The van der Waals surface area contributed by atoms with Crippen molar-refractivity contribution in [1.82, 2.24) is 5.32 Å². The minimum atomic E-state index is -0.605. The van der Waals surface area contributed by atoms with E-state index in [1.807, 2.05) is 0 Å². The van der Waals surface area contributed by atoms with Gasteiger partial charge in [-0.15, -0.1) is 0 Å². The van der Waals surface area contributed by atoms with Gasteiger partial charge >= 0.3 is 0 Å². The van der Waals surface area contributed by atoms with E-state index in [9.17, 15) is 14.9 Å². The molecular formula is C13H14Cl2N2O3. The fourth-order valence-electron chi connectivity index (χ4n) is 2.19. The van der Waals surface area contributed by atoms with Crippen molar-refractivity contribution in [2.45, 2.75) is 26.2 Å². The SMILES string of the molecule is CC1(CNC(=O)c2cc([N+](=O)[O-])cc(Cl)c2Cl)CCC1. The molecule has 0 aliphatic heterocycles. The Bertz CT molecular complexity index is 571. The van der Waals surface area contributed by atoms with Gasteiger partial charge in [-0.05, 0) is 18.3 Å². The van der Waals surface area contributed by atoms with Gasteiger partial charge in [-0.2, -0.15) is 0 Å². The van der Waals surface area contributed by atoms with Crippen molar-refractivity contribution in [3.05, 3.63) is 37.9 Å². The molecular weight excluding hydrogens is 303 g/mol. The van der Waals surface area contributed by atoms with Crippen molar-refractivity contribution in [3.63, 3.8) is 0 Å². The van der Waals surface area contributed by atoms with Crippen molar-refractivity contribution in [2.24, 2.45) is 5.41 Å². The fourth-order valence-corrected chi connectivity index (χ4v) is 2.60. The molecule has 1 saturated carbocycles. The molecule has 1 N–H and O–H groups in total. The maximum Gasteiger partial charge on any atom is 0.271 e. The Labute approximate surface area is 126 Å². The van der Waals surface area contributed by atoms with Gasteiger partial charge in [-0.1, -0.05) is 36.5 Å². The predicted molar refractivity (Wildman–Crippen MR) is 77.4 cm³/mol. The van der Waals surface area contributed by atoms with Crippen molar-refractivity contribution < 1.29 is 9.72 Å². The smallest absolute Gasteiger partial charge is 0.271 e. The van der Waals surface area contributed by atoms with E-state index < -0.39 is 10.8 Å². The van der Waals surface area contributed by atoms with Crippen LogP contribution in [-0.2, 0) is 0 Å². The first kappa shape index (κ1) is 15.1. The Kier molecular flexibility index (Phi) is 4.20. The van der Waals surface area contributed by atoms with Gasteiger partial charge in [0.2, 0.25) is 0 Å². The van der Waals surface area contributed by atoms with E-state index in [2.05, 4.69) is 12.2 Å². The van der Waals surface area contributed by atoms with E-state index in [-0.39, 0.29) is 26.7 Å². The van der Waals surface area contributed by atoms with Crippen LogP contribution in [0, 0.1) is 15.5 Å². The molecule has 0 spiro atoms. The lowest BCUT2D eigenvalue weighted by molar-refractivity contribution is -0.384. The van der Waals surface area contributed by atoms with Crippen LogP contribution in [0.4, 0.5) is 5.69 Å². The number of nitrogens with one attached hydrogen (secondary N) is 1. The maximum absolute atomic E-state index is 12.1. The molecule has 1 aromatic carbocycles. The third-order valence-electron chi connectivity index (χ3n) is 3.70. The number of nitro benzene ring substituents is 1. The van der Waals surface area contributed by atoms with E-state index in [1.165, 1.54) is 0 Å². The Hall–Kier alpha value is -1.33. The molecule has 1 amide bonds. The molecule has 0 unspecified atom stereocenters. The van der Waals surface area contributed by atoms with Gasteiger partial charge in [-0.25, -0.2) is 0 Å². The minimum absolute atomic E-state index is 0.000808. The standard InChI is InChI=1S/C13H14Cl2N2O3/c1-13(3-2-4-13)7-16-12(18)9-5-8(17(19)20)6-10(14)11(9)15/h5-6H,2-4,7H2,1H3,(H,16,18). The van der Waals surface area contributed by atoms with E-state index in [4.69, 9.17) is 23.2 Å². The summed E-state index contributed by atoms with van der Waals surface area (Å²) < 4.78 is 0. The summed E-state index contributed by atoms with van der Waals surface area (Å²) >= 11 is 11.8. The monoisotopic (exact) mass is 316 g/mol. The summed E-state index contributed by atoms with van der Waals surface area (Å²) in [6, 6.07) is 2.28. The molecule has 108 valence electrons. The summed E-state index contributed by atoms with van der Waals surface area (Å²) in [5.41, 5.74) is -0.0969. The molecule has 1 aromatic rings. The van der Waals surface area contributed by atoms with Crippen LogP contribution in [0.3, 0.4) is 0 Å². The number of benzene rings is 1. The van der Waals surface area contributed by atoms with E-state index in [0.29, 0.717) is 6.54 Å². The number of rotatable bonds is 4. The highest BCUT2D eigenvalue weighted by Crippen LogP contribution is 2.39. The normalized spacial score (nSPS) is 16.4. The summed E-state index contributed by atoms with van der Waals surface area (Å²) in [6.07, 6.45) is 3.29. The highest BCUT2D eigenvalue weighted by molar-refractivity contribution is 6.44. The highest BCUT2D eigenvalue weighted by atomic mass is 35.5. The van der Waals surface area contributed by atoms with Crippen LogP contribution in [0.25, 0.3) is 0 Å². The number of nitrogens with zero attached hydrogens (tertiary/aromatic N) is 1. The van der Waals surface area contributed by atoms with Crippen LogP contribution in [0.5, 0.6) is 0 Å². The molecule has 2 rings (SSSR count). The van der Waals surface area contributed by atoms with Crippen molar-refractivity contribution in [1.29, 1.82) is 0 Å². The van der Waals surface area contributed by atoms with Gasteiger partial charge in [0.25, 0.3) is 11.6 Å². The molecule has 7 heteroatoms. The molecule has 0 saturated heterocycles. The largest absolute Gasteiger partial charge is 0.351 e. The van der Waals surface area contributed by atoms with Crippen LogP contribution in [0.15, 0.2) is 12.1 Å². The number of carbonyl (C=O) groups is 1. The number of amides is 1. The first-order valence-electron chi connectivity index (χ1n) is 6.24. The van der Waals surface area contributed by atoms with Gasteiger partial charge in [0.15, 0.2) is 0 Å². The number of non-ortho nitro benzene ring substituents is 1. The second-order valence-electron chi connectivity index (χ2n) is 5.39. The second-order valence-corrected chi connectivity index (χ2v) is 6.18. The average molecular weight is 317 g/mol. The van der Waals surface area contributed by atoms with Crippen LogP contribution in [-0.4, -0.2) is 17.4 Å². The molecule has 0 radical (unpaired) electrons. The lowest BCUT2D eigenvalue weighted by atomic mass is 9.70. The maximum atomic E-state index is 12.1. The summed E-state index contributed by atoms with van der Waals surface area (Å²) in [5, 5.41) is 13.6. The van der Waals surface area contributed by atoms with E-state index >= 15 is 0 Å². The quantitative estimate of drug-likeness (QED) is 0.678. The number of hydrogen-bond donors (Lipinski definition) is 1. The van der Waals surface area contributed by atoms with Gasteiger partial charge in [0.05, 0.1) is 20.5 Å². The van der Waals surface area contributed by atoms with Crippen LogP contribution in [0.2, 0.25) is 10.0 Å². The number of carbonyl (C=O) groups excluding carboxylic acids is 1. The Morgan fingerprint density at radius 2 is 2.10 bits per heavy atom. The Morgan fingerprint density at radius 3 is 2.60 bits per heavy atom. The number of hydrogen-bond acceptors (Lipinski definition) is 3. The van der Waals surface area contributed by atoms with Crippen LogP contribution < -0.4 is 5.32 Å². The van der Waals surface area contributed by atoms with E-state index in [1.54, 1.807) is 0 Å². The molecule has 0 atom stereocenters. The molecule has 1 fully saturated rings. The first-order chi connectivity index (χ1) is 9.32. The Balaban J connectivity index is 2.18. The summed E-state index contributed by atoms with van der Waals surface area (Å²) in [6.45, 7) is 2.63. The summed E-state index contributed by atoms with van der Waals surface area (Å²) in [7, 11) is 0. The van der Waals surface area contributed by atoms with Gasteiger partial charge in [0, 0.05) is 18.7 Å². The van der Waals surface area contributed by atoms with Crippen molar-refractivity contribution in [3.8, 4) is 0 Å². The minimum Gasteiger partial charge on any atom is -0.351 e. The number of halogens is 2. The zero-order chi connectivity index (χ0) is 14.9. The van der Waals surface area contributed by atoms with Gasteiger partial charge in [0.1, 0.15) is 0 Å². The molecule has 20 heavy (non-hydrogen) atoms. The lowest BCUT2D eigenvalue weighted by Crippen LogP contribution is -2.40. The molecule has 1 aliphatic rings. The fraction of sp³-hybridized carbons (Fsp3) is 0.462. The van der Waals surface area contributed by atoms with Crippen molar-refractivity contribution in [2.75, 3.05) is 6.54 Å². The lowest BCUT2D eigenvalue weighted by Gasteiger charge is -2.38. The van der Waals surface area contributed by atoms with Crippen LogP contribution in [0.1, 0.15) is 36.5 Å². The molecule has 0 heterocycles. The topological polar surface area (TPSA) is 72.2 Å². The third-order valence-corrected chi connectivity index (χ3v) is 4.51.